The molecule has 1 atom stereocenters. The summed E-state index contributed by atoms with van der Waals surface area (Å²) in [6, 6.07) is 0. The number of unbranched alkanes of at least 4 members (excludes halogenated alkanes) is 2. The molecular weight excluding hydrogens is 306 g/mol. The molecule has 0 aromatic heterocycles. The van der Waals surface area contributed by atoms with Gasteiger partial charge in [-0.3, -0.25) is 4.55 Å². The van der Waals surface area contributed by atoms with Crippen LogP contribution in [0.1, 0.15) is 39.5 Å². The van der Waals surface area contributed by atoms with Crippen LogP contribution in [0.15, 0.2) is 0 Å². The van der Waals surface area contributed by atoms with Crippen molar-refractivity contribution in [3.8, 4) is 0 Å². The molecule has 0 saturated heterocycles. The van der Waals surface area contributed by atoms with Gasteiger partial charge in [-0.25, -0.2) is 0 Å². The largest absolute Gasteiger partial charge is 0.379 e. The molecule has 0 aliphatic rings. The lowest BCUT2D eigenvalue weighted by atomic mass is 10.2. The highest BCUT2D eigenvalue weighted by Crippen LogP contribution is 2.06. The van der Waals surface area contributed by atoms with Crippen molar-refractivity contribution < 1.29 is 26.9 Å². The van der Waals surface area contributed by atoms with E-state index in [9.17, 15) is 8.42 Å². The second kappa shape index (κ2) is 12.2. The predicted molar refractivity (Wildman–Crippen MR) is 88.7 cm³/mol. The van der Waals surface area contributed by atoms with Gasteiger partial charge in [-0.1, -0.05) is 13.3 Å². The molecule has 0 amide bonds. The molecule has 22 heavy (non-hydrogen) atoms. The first-order valence-corrected chi connectivity index (χ1v) is 9.88. The van der Waals surface area contributed by atoms with E-state index in [1.54, 1.807) is 0 Å². The molecule has 0 aromatic carbocycles. The zero-order chi connectivity index (χ0) is 16.9. The molecule has 7 heteroatoms. The summed E-state index contributed by atoms with van der Waals surface area (Å²) in [7, 11) is -1.68. The Morgan fingerprint density at radius 2 is 1.55 bits per heavy atom. The van der Waals surface area contributed by atoms with Crippen LogP contribution in [-0.4, -0.2) is 76.3 Å². The molecule has 0 heterocycles. The molecule has 1 N–H and O–H groups in total. The molecule has 1 unspecified atom stereocenters. The summed E-state index contributed by atoms with van der Waals surface area (Å²) in [6.45, 7) is 9.77. The highest BCUT2D eigenvalue weighted by atomic mass is 32.2. The summed E-state index contributed by atoms with van der Waals surface area (Å²) in [4.78, 5) is 0. The third-order valence-electron chi connectivity index (χ3n) is 3.90. The van der Waals surface area contributed by atoms with E-state index in [-0.39, 0.29) is 5.75 Å². The lowest BCUT2D eigenvalue weighted by Crippen LogP contribution is -2.47. The van der Waals surface area contributed by atoms with Crippen molar-refractivity contribution in [2.75, 3.05) is 58.9 Å². The number of hydrogen-bond acceptors (Lipinski definition) is 4. The van der Waals surface area contributed by atoms with Gasteiger partial charge >= 0.3 is 0 Å². The van der Waals surface area contributed by atoms with Crippen LogP contribution in [-0.2, 0) is 19.6 Å². The first-order valence-electron chi connectivity index (χ1n) is 8.27. The van der Waals surface area contributed by atoms with Crippen molar-refractivity contribution in [3.05, 3.63) is 0 Å². The lowest BCUT2D eigenvalue weighted by Gasteiger charge is -2.33. The zero-order valence-electron chi connectivity index (χ0n) is 14.4. The summed E-state index contributed by atoms with van der Waals surface area (Å²) in [5.41, 5.74) is 0. The fourth-order valence-corrected chi connectivity index (χ4v) is 2.63. The fraction of sp³-hybridized carbons (Fsp3) is 1.00. The molecule has 0 radical (unpaired) electrons. The molecule has 0 rings (SSSR count). The van der Waals surface area contributed by atoms with Crippen molar-refractivity contribution >= 4 is 10.1 Å². The standard InChI is InChI=1S/C15H33NO5S/c1-4-6-11-20-13-14-21-12-10-16(3,5-2)9-7-8-15-22(17,18)19/h4-15H2,1-3H3/p+1. The third-order valence-corrected chi connectivity index (χ3v) is 4.71. The zero-order valence-corrected chi connectivity index (χ0v) is 15.2. The molecule has 0 aromatic rings. The van der Waals surface area contributed by atoms with Crippen LogP contribution in [0, 0.1) is 0 Å². The normalized spacial score (nSPS) is 14.9. The summed E-state index contributed by atoms with van der Waals surface area (Å²) in [6.07, 6.45) is 3.52. The van der Waals surface area contributed by atoms with Crippen LogP contribution in [0.2, 0.25) is 0 Å². The Bertz CT molecular complexity index is 361. The Balaban J connectivity index is 3.70. The second-order valence-electron chi connectivity index (χ2n) is 5.95. The Morgan fingerprint density at radius 3 is 2.09 bits per heavy atom. The van der Waals surface area contributed by atoms with E-state index in [2.05, 4.69) is 20.9 Å². The van der Waals surface area contributed by atoms with Gasteiger partial charge in [-0.2, -0.15) is 8.42 Å². The average Bonchev–Trinajstić information content (AvgIpc) is 2.45. The van der Waals surface area contributed by atoms with Crippen LogP contribution < -0.4 is 0 Å². The SMILES string of the molecule is CCCCOCCOCC[N+](C)(CC)CCCCS(=O)(=O)O. The Labute approximate surface area is 136 Å². The van der Waals surface area contributed by atoms with Gasteiger partial charge in [-0.05, 0) is 26.2 Å². The molecule has 0 bridgehead atoms. The van der Waals surface area contributed by atoms with E-state index in [0.29, 0.717) is 26.2 Å². The topological polar surface area (TPSA) is 72.8 Å². The summed E-state index contributed by atoms with van der Waals surface area (Å²) < 4.78 is 42.0. The number of ether oxygens (including phenoxy) is 2. The number of likely N-dealkylation sites (N-methyl/N-ethyl adjacent to an activating group) is 1. The first kappa shape index (κ1) is 21.8. The van der Waals surface area contributed by atoms with E-state index in [0.717, 1.165) is 50.0 Å². The molecule has 0 aliphatic heterocycles. The molecule has 0 saturated carbocycles. The highest BCUT2D eigenvalue weighted by molar-refractivity contribution is 7.85. The van der Waals surface area contributed by atoms with Crippen molar-refractivity contribution in [2.45, 2.75) is 39.5 Å². The van der Waals surface area contributed by atoms with Gasteiger partial charge in [0.25, 0.3) is 10.1 Å². The molecule has 134 valence electrons. The quantitative estimate of drug-likeness (QED) is 0.280. The minimum absolute atomic E-state index is 0.150. The van der Waals surface area contributed by atoms with Gasteiger partial charge in [0.2, 0.25) is 0 Å². The molecule has 0 aliphatic carbocycles. The maximum atomic E-state index is 10.7. The smallest absolute Gasteiger partial charge is 0.264 e. The van der Waals surface area contributed by atoms with Crippen LogP contribution in [0.4, 0.5) is 0 Å². The van der Waals surface area contributed by atoms with Crippen molar-refractivity contribution in [3.63, 3.8) is 0 Å². The van der Waals surface area contributed by atoms with E-state index in [4.69, 9.17) is 14.0 Å². The number of quaternary nitrogens is 1. The highest BCUT2D eigenvalue weighted by Gasteiger charge is 2.18. The maximum absolute atomic E-state index is 10.7. The third kappa shape index (κ3) is 13.5. The summed E-state index contributed by atoms with van der Waals surface area (Å²) in [5.74, 6) is -0.150. The monoisotopic (exact) mass is 340 g/mol. The van der Waals surface area contributed by atoms with Crippen LogP contribution in [0.25, 0.3) is 0 Å². The van der Waals surface area contributed by atoms with E-state index in [1.165, 1.54) is 0 Å². The van der Waals surface area contributed by atoms with Crippen LogP contribution in [0.5, 0.6) is 0 Å². The predicted octanol–water partition coefficient (Wildman–Crippen LogP) is 1.95. The fourth-order valence-electron chi connectivity index (χ4n) is 2.06. The van der Waals surface area contributed by atoms with Gasteiger partial charge in [0.15, 0.2) is 0 Å². The number of nitrogens with zero attached hydrogens (tertiary/aromatic N) is 1. The average molecular weight is 341 g/mol. The van der Waals surface area contributed by atoms with E-state index in [1.807, 2.05) is 0 Å². The van der Waals surface area contributed by atoms with Crippen molar-refractivity contribution in [1.82, 2.24) is 0 Å². The van der Waals surface area contributed by atoms with Crippen molar-refractivity contribution in [2.24, 2.45) is 0 Å². The van der Waals surface area contributed by atoms with Gasteiger partial charge in [-0.15, -0.1) is 0 Å². The Kier molecular flexibility index (Phi) is 12.1. The van der Waals surface area contributed by atoms with Crippen molar-refractivity contribution in [1.29, 1.82) is 0 Å². The van der Waals surface area contributed by atoms with E-state index < -0.39 is 10.1 Å². The summed E-state index contributed by atoms with van der Waals surface area (Å²) in [5, 5.41) is 0. The minimum Gasteiger partial charge on any atom is -0.379 e. The minimum atomic E-state index is -3.83. The lowest BCUT2D eigenvalue weighted by molar-refractivity contribution is -0.908. The molecule has 0 fully saturated rings. The number of hydrogen-bond donors (Lipinski definition) is 1. The Morgan fingerprint density at radius 1 is 0.909 bits per heavy atom. The summed E-state index contributed by atoms with van der Waals surface area (Å²) >= 11 is 0. The van der Waals surface area contributed by atoms with Crippen LogP contribution in [0.3, 0.4) is 0 Å². The molecule has 6 nitrogen and oxygen atoms in total. The Hall–Kier alpha value is -0.210. The molecular formula is C15H34NO5S+. The second-order valence-corrected chi connectivity index (χ2v) is 7.53. The van der Waals surface area contributed by atoms with E-state index >= 15 is 0 Å². The van der Waals surface area contributed by atoms with Gasteiger partial charge in [0.05, 0.1) is 45.7 Å². The van der Waals surface area contributed by atoms with Gasteiger partial charge in [0, 0.05) is 6.61 Å². The molecule has 0 spiro atoms. The number of rotatable bonds is 15. The van der Waals surface area contributed by atoms with Gasteiger partial charge in [0.1, 0.15) is 6.54 Å². The van der Waals surface area contributed by atoms with Gasteiger partial charge < -0.3 is 14.0 Å². The first-order chi connectivity index (χ1) is 10.3. The van der Waals surface area contributed by atoms with Crippen LogP contribution >= 0.6 is 0 Å². The maximum Gasteiger partial charge on any atom is 0.264 e.